The molecular formula is C18H35NO. The molecule has 0 radical (unpaired) electrons. The molecule has 1 N–H and O–H groups in total. The molecule has 0 bridgehead atoms. The van der Waals surface area contributed by atoms with Crippen LogP contribution in [0.2, 0.25) is 0 Å². The summed E-state index contributed by atoms with van der Waals surface area (Å²) in [5, 5.41) is 3.29. The highest BCUT2D eigenvalue weighted by molar-refractivity contribution is 5.76. The third-order valence-electron chi connectivity index (χ3n) is 4.90. The molecule has 1 aliphatic rings. The molecule has 2 nitrogen and oxygen atoms in total. The van der Waals surface area contributed by atoms with Crippen LogP contribution >= 0.6 is 0 Å². The van der Waals surface area contributed by atoms with Crippen molar-refractivity contribution in [3.8, 4) is 0 Å². The Hall–Kier alpha value is -0.530. The van der Waals surface area contributed by atoms with Gasteiger partial charge in [0.15, 0.2) is 0 Å². The average molecular weight is 281 g/mol. The van der Waals surface area contributed by atoms with Gasteiger partial charge in [0.1, 0.15) is 0 Å². The van der Waals surface area contributed by atoms with Crippen molar-refractivity contribution in [1.29, 1.82) is 0 Å². The first-order chi connectivity index (χ1) is 9.65. The van der Waals surface area contributed by atoms with E-state index in [0.29, 0.717) is 17.9 Å². The van der Waals surface area contributed by atoms with Crippen LogP contribution in [0.1, 0.15) is 97.8 Å². The maximum absolute atomic E-state index is 11.8. The Balaban J connectivity index is 2.57. The van der Waals surface area contributed by atoms with E-state index in [1.807, 2.05) is 0 Å². The molecule has 0 saturated heterocycles. The van der Waals surface area contributed by atoms with Gasteiger partial charge in [-0.1, -0.05) is 52.9 Å². The third-order valence-corrected chi connectivity index (χ3v) is 4.90. The summed E-state index contributed by atoms with van der Waals surface area (Å²) in [6, 6.07) is 0.441. The van der Waals surface area contributed by atoms with E-state index < -0.39 is 0 Å². The standard InChI is InChI=1S/C18H35NO/c1-4-7-12-18(13-8-5-2)14-9-11-16(15-18)19-17(20)10-6-3/h16H,4-15H2,1-3H3,(H,19,20). The van der Waals surface area contributed by atoms with Gasteiger partial charge in [0.25, 0.3) is 0 Å². The molecular weight excluding hydrogens is 246 g/mol. The van der Waals surface area contributed by atoms with Gasteiger partial charge < -0.3 is 5.32 Å². The summed E-state index contributed by atoms with van der Waals surface area (Å²) < 4.78 is 0. The van der Waals surface area contributed by atoms with E-state index in [4.69, 9.17) is 0 Å². The second-order valence-electron chi connectivity index (χ2n) is 6.82. The number of hydrogen-bond donors (Lipinski definition) is 1. The summed E-state index contributed by atoms with van der Waals surface area (Å²) in [5.41, 5.74) is 0.522. The van der Waals surface area contributed by atoms with Crippen molar-refractivity contribution in [1.82, 2.24) is 5.32 Å². The minimum Gasteiger partial charge on any atom is -0.353 e. The summed E-state index contributed by atoms with van der Waals surface area (Å²) >= 11 is 0. The van der Waals surface area contributed by atoms with E-state index in [0.717, 1.165) is 6.42 Å². The molecule has 1 rings (SSSR count). The lowest BCUT2D eigenvalue weighted by Crippen LogP contribution is -2.42. The highest BCUT2D eigenvalue weighted by Crippen LogP contribution is 2.44. The molecule has 1 aliphatic carbocycles. The lowest BCUT2D eigenvalue weighted by molar-refractivity contribution is -0.122. The molecule has 0 aliphatic heterocycles. The number of amides is 1. The van der Waals surface area contributed by atoms with Crippen molar-refractivity contribution in [3.05, 3.63) is 0 Å². The van der Waals surface area contributed by atoms with Crippen molar-refractivity contribution < 1.29 is 4.79 Å². The van der Waals surface area contributed by atoms with Crippen LogP contribution in [0.3, 0.4) is 0 Å². The smallest absolute Gasteiger partial charge is 0.220 e. The van der Waals surface area contributed by atoms with Gasteiger partial charge in [0.05, 0.1) is 0 Å². The lowest BCUT2D eigenvalue weighted by atomic mass is 9.66. The van der Waals surface area contributed by atoms with Crippen LogP contribution < -0.4 is 5.32 Å². The Labute approximate surface area is 126 Å². The van der Waals surface area contributed by atoms with Crippen LogP contribution in [0, 0.1) is 5.41 Å². The molecule has 1 saturated carbocycles. The highest BCUT2D eigenvalue weighted by atomic mass is 16.1. The van der Waals surface area contributed by atoms with E-state index in [9.17, 15) is 4.79 Å². The fourth-order valence-corrected chi connectivity index (χ4v) is 3.78. The number of carbonyl (C=O) groups excluding carboxylic acids is 1. The van der Waals surface area contributed by atoms with Gasteiger partial charge in [0, 0.05) is 12.5 Å². The van der Waals surface area contributed by atoms with Crippen molar-refractivity contribution in [2.24, 2.45) is 5.41 Å². The SMILES string of the molecule is CCCCC1(CCCC)CCCC(NC(=O)CCC)C1. The van der Waals surface area contributed by atoms with Gasteiger partial charge in [-0.25, -0.2) is 0 Å². The number of rotatable bonds is 9. The van der Waals surface area contributed by atoms with Crippen LogP contribution in [0.5, 0.6) is 0 Å². The molecule has 118 valence electrons. The predicted octanol–water partition coefficient (Wildman–Crippen LogP) is 5.21. The molecule has 0 aromatic rings. The van der Waals surface area contributed by atoms with Crippen molar-refractivity contribution in [2.45, 2.75) is 104 Å². The minimum atomic E-state index is 0.263. The zero-order valence-corrected chi connectivity index (χ0v) is 14.0. The van der Waals surface area contributed by atoms with Gasteiger partial charge >= 0.3 is 0 Å². The van der Waals surface area contributed by atoms with Crippen LogP contribution in [0.25, 0.3) is 0 Å². The van der Waals surface area contributed by atoms with Crippen LogP contribution in [0.15, 0.2) is 0 Å². The summed E-state index contributed by atoms with van der Waals surface area (Å²) in [5.74, 6) is 0.263. The number of hydrogen-bond acceptors (Lipinski definition) is 1. The van der Waals surface area contributed by atoms with E-state index >= 15 is 0 Å². The monoisotopic (exact) mass is 281 g/mol. The largest absolute Gasteiger partial charge is 0.353 e. The molecule has 1 unspecified atom stereocenters. The first-order valence-corrected chi connectivity index (χ1v) is 8.95. The number of carbonyl (C=O) groups is 1. The summed E-state index contributed by atoms with van der Waals surface area (Å²) in [6.07, 6.45) is 14.7. The van der Waals surface area contributed by atoms with E-state index in [2.05, 4.69) is 26.1 Å². The van der Waals surface area contributed by atoms with Gasteiger partial charge in [-0.3, -0.25) is 4.79 Å². The molecule has 1 amide bonds. The Morgan fingerprint density at radius 3 is 2.30 bits per heavy atom. The summed E-state index contributed by atoms with van der Waals surface area (Å²) in [4.78, 5) is 11.8. The zero-order chi connectivity index (χ0) is 14.8. The van der Waals surface area contributed by atoms with Gasteiger partial charge in [0.2, 0.25) is 5.91 Å². The quantitative estimate of drug-likeness (QED) is 0.617. The molecule has 0 aromatic carbocycles. The average Bonchev–Trinajstić information content (AvgIpc) is 2.44. The topological polar surface area (TPSA) is 29.1 Å². The second kappa shape index (κ2) is 9.41. The Kier molecular flexibility index (Phi) is 8.25. The van der Waals surface area contributed by atoms with Crippen molar-refractivity contribution in [2.75, 3.05) is 0 Å². The fraction of sp³-hybridized carbons (Fsp3) is 0.944. The molecule has 1 atom stereocenters. The van der Waals surface area contributed by atoms with E-state index in [1.54, 1.807) is 0 Å². The van der Waals surface area contributed by atoms with Crippen molar-refractivity contribution >= 4 is 5.91 Å². The molecule has 0 aromatic heterocycles. The summed E-state index contributed by atoms with van der Waals surface area (Å²) in [7, 11) is 0. The van der Waals surface area contributed by atoms with E-state index in [-0.39, 0.29) is 5.91 Å². The van der Waals surface area contributed by atoms with Gasteiger partial charge in [-0.05, 0) is 43.9 Å². The Morgan fingerprint density at radius 1 is 1.10 bits per heavy atom. The predicted molar refractivity (Wildman–Crippen MR) is 86.8 cm³/mol. The molecule has 2 heteroatoms. The van der Waals surface area contributed by atoms with Crippen LogP contribution in [-0.4, -0.2) is 11.9 Å². The number of nitrogens with one attached hydrogen (secondary N) is 1. The fourth-order valence-electron chi connectivity index (χ4n) is 3.78. The van der Waals surface area contributed by atoms with E-state index in [1.165, 1.54) is 64.2 Å². The van der Waals surface area contributed by atoms with Crippen molar-refractivity contribution in [3.63, 3.8) is 0 Å². The summed E-state index contributed by atoms with van der Waals surface area (Å²) in [6.45, 7) is 6.65. The maximum Gasteiger partial charge on any atom is 0.220 e. The Morgan fingerprint density at radius 2 is 1.75 bits per heavy atom. The molecule has 20 heavy (non-hydrogen) atoms. The van der Waals surface area contributed by atoms with Gasteiger partial charge in [-0.2, -0.15) is 0 Å². The first-order valence-electron chi connectivity index (χ1n) is 8.95. The lowest BCUT2D eigenvalue weighted by Gasteiger charge is -2.42. The second-order valence-corrected chi connectivity index (χ2v) is 6.82. The van der Waals surface area contributed by atoms with Crippen LogP contribution in [-0.2, 0) is 4.79 Å². The minimum absolute atomic E-state index is 0.263. The zero-order valence-electron chi connectivity index (χ0n) is 14.0. The maximum atomic E-state index is 11.8. The number of unbranched alkanes of at least 4 members (excludes halogenated alkanes) is 2. The Bertz CT molecular complexity index is 267. The highest BCUT2D eigenvalue weighted by Gasteiger charge is 2.35. The molecule has 1 fully saturated rings. The molecule has 0 heterocycles. The van der Waals surface area contributed by atoms with Gasteiger partial charge in [-0.15, -0.1) is 0 Å². The van der Waals surface area contributed by atoms with Crippen LogP contribution in [0.4, 0.5) is 0 Å². The first kappa shape index (κ1) is 17.5. The normalized spacial score (nSPS) is 21.6. The third kappa shape index (κ3) is 5.85. The molecule has 0 spiro atoms.